The summed E-state index contributed by atoms with van der Waals surface area (Å²) in [5, 5.41) is 0. The number of nitrogens with zero attached hydrogens (tertiary/aromatic N) is 2. The normalized spacial score (nSPS) is 19.4. The number of hydrogen-bond acceptors (Lipinski definition) is 2. The summed E-state index contributed by atoms with van der Waals surface area (Å²) in [6.07, 6.45) is 5.13. The third-order valence-corrected chi connectivity index (χ3v) is 5.09. The molecule has 3 rings (SSSR count). The van der Waals surface area contributed by atoms with E-state index >= 15 is 0 Å². The van der Waals surface area contributed by atoms with Crippen LogP contribution in [0.5, 0.6) is 0 Å². The van der Waals surface area contributed by atoms with Crippen LogP contribution in [0.1, 0.15) is 46.4 Å². The fraction of sp³-hybridized carbons (Fsp3) is 0.529. The molecule has 1 aliphatic carbocycles. The van der Waals surface area contributed by atoms with Crippen molar-refractivity contribution in [1.82, 2.24) is 4.90 Å². The first kappa shape index (κ1) is 14.3. The van der Waals surface area contributed by atoms with Gasteiger partial charge in [-0.2, -0.15) is 0 Å². The second-order valence-corrected chi connectivity index (χ2v) is 6.75. The summed E-state index contributed by atoms with van der Waals surface area (Å²) < 4.78 is 0.896. The lowest BCUT2D eigenvalue weighted by atomic mass is 10.1. The number of likely N-dealkylation sites (N-methyl/N-ethyl adjacent to an activating group) is 1. The van der Waals surface area contributed by atoms with E-state index in [4.69, 9.17) is 0 Å². The molecule has 1 fully saturated rings. The van der Waals surface area contributed by atoms with Crippen LogP contribution in [0.2, 0.25) is 0 Å². The van der Waals surface area contributed by atoms with Crippen LogP contribution in [0, 0.1) is 0 Å². The lowest BCUT2D eigenvalue weighted by Gasteiger charge is -2.37. The third kappa shape index (κ3) is 2.48. The number of hydrogen-bond donors (Lipinski definition) is 0. The molecule has 1 aliphatic heterocycles. The largest absolute Gasteiger partial charge is 0.325 e. The molecular formula is C17H23N2O2+. The van der Waals surface area contributed by atoms with E-state index < -0.39 is 0 Å². The molecule has 2 amide bonds. The fourth-order valence-electron chi connectivity index (χ4n) is 3.59. The van der Waals surface area contributed by atoms with Gasteiger partial charge in [-0.05, 0) is 37.8 Å². The minimum absolute atomic E-state index is 0.137. The highest BCUT2D eigenvalue weighted by Crippen LogP contribution is 2.27. The van der Waals surface area contributed by atoms with Crippen LogP contribution in [0.15, 0.2) is 24.3 Å². The van der Waals surface area contributed by atoms with Crippen molar-refractivity contribution < 1.29 is 14.1 Å². The Morgan fingerprint density at radius 2 is 1.57 bits per heavy atom. The minimum atomic E-state index is -0.137. The summed E-state index contributed by atoms with van der Waals surface area (Å²) in [6.45, 7) is 1.34. The molecular weight excluding hydrogens is 264 g/mol. The molecule has 1 aromatic rings. The average molecular weight is 287 g/mol. The zero-order chi connectivity index (χ0) is 15.0. The maximum Gasteiger partial charge on any atom is 0.261 e. The zero-order valence-corrected chi connectivity index (χ0v) is 12.8. The molecule has 0 saturated heterocycles. The van der Waals surface area contributed by atoms with Crippen molar-refractivity contribution in [3.8, 4) is 0 Å². The highest BCUT2D eigenvalue weighted by atomic mass is 16.2. The molecule has 0 aromatic heterocycles. The number of carbonyl (C=O) groups excluding carboxylic acids is 2. The summed E-state index contributed by atoms with van der Waals surface area (Å²) in [5.41, 5.74) is 1.10. The Kier molecular flexibility index (Phi) is 3.57. The van der Waals surface area contributed by atoms with Gasteiger partial charge in [0.15, 0.2) is 0 Å². The van der Waals surface area contributed by atoms with Crippen molar-refractivity contribution in [2.45, 2.75) is 31.7 Å². The SMILES string of the molecule is C[N+](C)(CCN1C(=O)c2ccccc2C1=O)C1CCCC1. The number of carbonyl (C=O) groups is 2. The van der Waals surface area contributed by atoms with Crippen molar-refractivity contribution >= 4 is 11.8 Å². The molecule has 0 radical (unpaired) electrons. The van der Waals surface area contributed by atoms with E-state index in [0.717, 1.165) is 11.0 Å². The molecule has 1 heterocycles. The number of rotatable bonds is 4. The highest BCUT2D eigenvalue weighted by Gasteiger charge is 2.37. The molecule has 0 bridgehead atoms. The lowest BCUT2D eigenvalue weighted by molar-refractivity contribution is -0.913. The Morgan fingerprint density at radius 1 is 1.05 bits per heavy atom. The van der Waals surface area contributed by atoms with Crippen molar-refractivity contribution in [2.24, 2.45) is 0 Å². The van der Waals surface area contributed by atoms with Crippen LogP contribution in [0.4, 0.5) is 0 Å². The van der Waals surface area contributed by atoms with Crippen LogP contribution >= 0.6 is 0 Å². The number of fused-ring (bicyclic) bond motifs is 1. The van der Waals surface area contributed by atoms with Crippen molar-refractivity contribution in [3.05, 3.63) is 35.4 Å². The molecule has 2 aliphatic rings. The maximum absolute atomic E-state index is 12.3. The highest BCUT2D eigenvalue weighted by molar-refractivity contribution is 6.21. The van der Waals surface area contributed by atoms with E-state index in [9.17, 15) is 9.59 Å². The molecule has 1 aromatic carbocycles. The first-order valence-electron chi connectivity index (χ1n) is 7.78. The van der Waals surface area contributed by atoms with Gasteiger partial charge >= 0.3 is 0 Å². The lowest BCUT2D eigenvalue weighted by Crippen LogP contribution is -2.52. The summed E-state index contributed by atoms with van der Waals surface area (Å²) in [6, 6.07) is 7.78. The predicted octanol–water partition coefficient (Wildman–Crippen LogP) is 2.30. The summed E-state index contributed by atoms with van der Waals surface area (Å²) in [5.74, 6) is -0.274. The molecule has 112 valence electrons. The second kappa shape index (κ2) is 5.26. The number of quaternary nitrogens is 1. The molecule has 21 heavy (non-hydrogen) atoms. The Labute approximate surface area is 125 Å². The van der Waals surface area contributed by atoms with Gasteiger partial charge in [0.2, 0.25) is 0 Å². The van der Waals surface area contributed by atoms with Crippen molar-refractivity contribution in [3.63, 3.8) is 0 Å². The first-order valence-corrected chi connectivity index (χ1v) is 7.78. The molecule has 1 saturated carbocycles. The summed E-state index contributed by atoms with van der Waals surface area (Å²) in [7, 11) is 4.43. The van der Waals surface area contributed by atoms with Crippen LogP contribution in [-0.4, -0.2) is 54.4 Å². The van der Waals surface area contributed by atoms with Crippen molar-refractivity contribution in [1.29, 1.82) is 0 Å². The minimum Gasteiger partial charge on any atom is -0.325 e. The Bertz CT molecular complexity index is 539. The zero-order valence-electron chi connectivity index (χ0n) is 12.8. The van der Waals surface area contributed by atoms with Gasteiger partial charge < -0.3 is 4.48 Å². The average Bonchev–Trinajstić information content (AvgIpc) is 3.08. The van der Waals surface area contributed by atoms with Crippen LogP contribution in [-0.2, 0) is 0 Å². The molecule has 0 atom stereocenters. The first-order chi connectivity index (χ1) is 10.0. The van der Waals surface area contributed by atoms with Crippen LogP contribution in [0.3, 0.4) is 0 Å². The van der Waals surface area contributed by atoms with Gasteiger partial charge in [-0.25, -0.2) is 0 Å². The molecule has 0 spiro atoms. The summed E-state index contributed by atoms with van der Waals surface area (Å²) >= 11 is 0. The maximum atomic E-state index is 12.3. The summed E-state index contributed by atoms with van der Waals surface area (Å²) in [4.78, 5) is 26.1. The van der Waals surface area contributed by atoms with E-state index in [0.29, 0.717) is 23.7 Å². The smallest absolute Gasteiger partial charge is 0.261 e. The van der Waals surface area contributed by atoms with E-state index in [1.54, 1.807) is 12.1 Å². The fourth-order valence-corrected chi connectivity index (χ4v) is 3.59. The molecule has 4 heteroatoms. The van der Waals surface area contributed by atoms with Gasteiger partial charge in [-0.15, -0.1) is 0 Å². The monoisotopic (exact) mass is 287 g/mol. The number of amides is 2. The van der Waals surface area contributed by atoms with Gasteiger partial charge in [0.1, 0.15) is 0 Å². The van der Waals surface area contributed by atoms with Gasteiger partial charge in [-0.1, -0.05) is 12.1 Å². The van der Waals surface area contributed by atoms with Gasteiger partial charge in [0.25, 0.3) is 11.8 Å². The topological polar surface area (TPSA) is 37.4 Å². The van der Waals surface area contributed by atoms with Gasteiger partial charge in [0, 0.05) is 0 Å². The molecule has 0 unspecified atom stereocenters. The van der Waals surface area contributed by atoms with E-state index in [1.807, 2.05) is 12.1 Å². The van der Waals surface area contributed by atoms with Crippen molar-refractivity contribution in [2.75, 3.05) is 27.2 Å². The molecule has 0 N–H and O–H groups in total. The second-order valence-electron chi connectivity index (χ2n) is 6.75. The third-order valence-electron chi connectivity index (χ3n) is 5.09. The number of benzene rings is 1. The van der Waals surface area contributed by atoms with E-state index in [2.05, 4.69) is 14.1 Å². The standard InChI is InChI=1S/C17H23N2O2/c1-19(2,13-7-3-4-8-13)12-11-18-16(20)14-9-5-6-10-15(14)17(18)21/h5-6,9-10,13H,3-4,7-8,11-12H2,1-2H3/q+1. The van der Waals surface area contributed by atoms with E-state index in [-0.39, 0.29) is 11.8 Å². The Hall–Kier alpha value is -1.68. The predicted molar refractivity (Wildman–Crippen MR) is 81.0 cm³/mol. The number of imide groups is 1. The van der Waals surface area contributed by atoms with Gasteiger partial charge in [-0.3, -0.25) is 14.5 Å². The molecule has 4 nitrogen and oxygen atoms in total. The van der Waals surface area contributed by atoms with Crippen LogP contribution in [0.25, 0.3) is 0 Å². The van der Waals surface area contributed by atoms with E-state index in [1.165, 1.54) is 30.6 Å². The van der Waals surface area contributed by atoms with Crippen LogP contribution < -0.4 is 0 Å². The Balaban J connectivity index is 1.69. The quantitative estimate of drug-likeness (QED) is 0.629. The Morgan fingerprint density at radius 3 is 2.10 bits per heavy atom. The van der Waals surface area contributed by atoms with Gasteiger partial charge in [0.05, 0.1) is 44.4 Å².